The molecule has 0 bridgehead atoms. The average Bonchev–Trinajstić information content (AvgIpc) is 2.33. The molecule has 0 unspecified atom stereocenters. The summed E-state index contributed by atoms with van der Waals surface area (Å²) < 4.78 is 1.18. The Labute approximate surface area is 105 Å². The Kier molecular flexibility index (Phi) is 3.98. The van der Waals surface area contributed by atoms with Crippen molar-refractivity contribution in [3.8, 4) is 6.07 Å². The van der Waals surface area contributed by atoms with Gasteiger partial charge < -0.3 is 0 Å². The number of rotatable bonds is 2. The first-order valence-corrected chi connectivity index (χ1v) is 6.44. The molecule has 16 heavy (non-hydrogen) atoms. The number of hydrogen-bond acceptors (Lipinski definition) is 2. The predicted octanol–water partition coefficient (Wildman–Crippen LogP) is 3.18. The molecule has 0 radical (unpaired) electrons. The van der Waals surface area contributed by atoms with Gasteiger partial charge in [0, 0.05) is 16.9 Å². The molecule has 1 saturated heterocycles. The van der Waals surface area contributed by atoms with E-state index in [4.69, 9.17) is 5.26 Å². The molecule has 1 aromatic carbocycles. The van der Waals surface area contributed by atoms with Gasteiger partial charge in [-0.05, 0) is 37.6 Å². The number of likely N-dealkylation sites (tertiary alicyclic amines) is 1. The maximum atomic E-state index is 8.84. The number of nitrogens with zero attached hydrogens (tertiary/aromatic N) is 2. The SMILES string of the molecule is N#CC1CCN(Cc2ccccc2Br)CC1. The van der Waals surface area contributed by atoms with E-state index in [-0.39, 0.29) is 5.92 Å². The quantitative estimate of drug-likeness (QED) is 0.831. The zero-order valence-electron chi connectivity index (χ0n) is 9.19. The number of nitriles is 1. The van der Waals surface area contributed by atoms with Crippen LogP contribution in [-0.2, 0) is 6.54 Å². The topological polar surface area (TPSA) is 27.0 Å². The smallest absolute Gasteiger partial charge is 0.0656 e. The highest BCUT2D eigenvalue weighted by molar-refractivity contribution is 9.10. The zero-order chi connectivity index (χ0) is 11.4. The molecule has 84 valence electrons. The third kappa shape index (κ3) is 2.84. The second kappa shape index (κ2) is 5.47. The minimum Gasteiger partial charge on any atom is -0.299 e. The number of benzene rings is 1. The molecule has 1 aliphatic heterocycles. The first-order valence-electron chi connectivity index (χ1n) is 5.65. The first-order chi connectivity index (χ1) is 7.79. The van der Waals surface area contributed by atoms with E-state index in [1.807, 2.05) is 6.07 Å². The Morgan fingerprint density at radius 1 is 1.31 bits per heavy atom. The van der Waals surface area contributed by atoms with E-state index in [9.17, 15) is 0 Å². The van der Waals surface area contributed by atoms with Gasteiger partial charge in [0.2, 0.25) is 0 Å². The van der Waals surface area contributed by atoms with Gasteiger partial charge in [-0.1, -0.05) is 34.1 Å². The minimum atomic E-state index is 0.274. The van der Waals surface area contributed by atoms with Gasteiger partial charge in [-0.15, -0.1) is 0 Å². The van der Waals surface area contributed by atoms with Crippen molar-refractivity contribution in [2.75, 3.05) is 13.1 Å². The van der Waals surface area contributed by atoms with Crippen LogP contribution in [0, 0.1) is 17.2 Å². The summed E-state index contributed by atoms with van der Waals surface area (Å²) in [4.78, 5) is 2.42. The van der Waals surface area contributed by atoms with Gasteiger partial charge in [-0.3, -0.25) is 4.90 Å². The highest BCUT2D eigenvalue weighted by Crippen LogP contribution is 2.21. The molecule has 1 aromatic rings. The normalized spacial score (nSPS) is 18.2. The molecule has 3 heteroatoms. The molecule has 2 rings (SSSR count). The van der Waals surface area contributed by atoms with Crippen molar-refractivity contribution in [1.29, 1.82) is 5.26 Å². The van der Waals surface area contributed by atoms with E-state index < -0.39 is 0 Å². The maximum Gasteiger partial charge on any atom is 0.0656 e. The van der Waals surface area contributed by atoms with Crippen LogP contribution in [0.2, 0.25) is 0 Å². The number of piperidine rings is 1. The second-order valence-corrected chi connectivity index (χ2v) is 5.13. The fourth-order valence-electron chi connectivity index (χ4n) is 2.09. The molecular formula is C13H15BrN2. The lowest BCUT2D eigenvalue weighted by Crippen LogP contribution is -2.32. The molecule has 0 saturated carbocycles. The summed E-state index contributed by atoms with van der Waals surface area (Å²) in [6.07, 6.45) is 2.03. The Morgan fingerprint density at radius 3 is 2.62 bits per heavy atom. The van der Waals surface area contributed by atoms with Crippen LogP contribution in [0.15, 0.2) is 28.7 Å². The number of halogens is 1. The fourth-order valence-corrected chi connectivity index (χ4v) is 2.50. The lowest BCUT2D eigenvalue weighted by Gasteiger charge is -2.29. The Balaban J connectivity index is 1.93. The Bertz CT molecular complexity index is 389. The van der Waals surface area contributed by atoms with Crippen molar-refractivity contribution < 1.29 is 0 Å². The largest absolute Gasteiger partial charge is 0.299 e. The number of hydrogen-bond donors (Lipinski definition) is 0. The monoisotopic (exact) mass is 278 g/mol. The molecule has 0 N–H and O–H groups in total. The molecule has 0 aliphatic carbocycles. The Morgan fingerprint density at radius 2 is 2.00 bits per heavy atom. The summed E-state index contributed by atoms with van der Waals surface area (Å²) in [5, 5.41) is 8.84. The Hall–Kier alpha value is -0.850. The molecule has 1 fully saturated rings. The van der Waals surface area contributed by atoms with Crippen molar-refractivity contribution in [2.24, 2.45) is 5.92 Å². The second-order valence-electron chi connectivity index (χ2n) is 4.27. The lowest BCUT2D eigenvalue weighted by molar-refractivity contribution is 0.198. The van der Waals surface area contributed by atoms with Crippen LogP contribution in [0.3, 0.4) is 0 Å². The van der Waals surface area contributed by atoms with Gasteiger partial charge in [0.05, 0.1) is 6.07 Å². The summed E-state index contributed by atoms with van der Waals surface area (Å²) in [7, 11) is 0. The highest BCUT2D eigenvalue weighted by atomic mass is 79.9. The van der Waals surface area contributed by atoms with E-state index >= 15 is 0 Å². The molecule has 0 atom stereocenters. The summed E-state index contributed by atoms with van der Waals surface area (Å²) >= 11 is 3.57. The van der Waals surface area contributed by atoms with E-state index in [1.165, 1.54) is 10.0 Å². The van der Waals surface area contributed by atoms with E-state index in [2.05, 4.69) is 45.1 Å². The molecule has 1 heterocycles. The first kappa shape index (κ1) is 11.6. The molecule has 0 aromatic heterocycles. The third-order valence-electron chi connectivity index (χ3n) is 3.12. The molecule has 0 spiro atoms. The standard InChI is InChI=1S/C13H15BrN2/c14-13-4-2-1-3-12(13)10-16-7-5-11(9-15)6-8-16/h1-4,11H,5-8,10H2. The maximum absolute atomic E-state index is 8.84. The van der Waals surface area contributed by atoms with Crippen LogP contribution in [-0.4, -0.2) is 18.0 Å². The predicted molar refractivity (Wildman–Crippen MR) is 67.8 cm³/mol. The summed E-state index contributed by atoms with van der Waals surface area (Å²) in [5.74, 6) is 0.274. The van der Waals surface area contributed by atoms with Crippen LogP contribution in [0.4, 0.5) is 0 Å². The third-order valence-corrected chi connectivity index (χ3v) is 3.90. The molecule has 2 nitrogen and oxygen atoms in total. The molecular weight excluding hydrogens is 264 g/mol. The van der Waals surface area contributed by atoms with Gasteiger partial charge in [0.15, 0.2) is 0 Å². The van der Waals surface area contributed by atoms with Crippen LogP contribution >= 0.6 is 15.9 Å². The summed E-state index contributed by atoms with van der Waals surface area (Å²) in [6, 6.07) is 10.7. The van der Waals surface area contributed by atoms with Crippen molar-refractivity contribution in [2.45, 2.75) is 19.4 Å². The van der Waals surface area contributed by atoms with Gasteiger partial charge in [-0.2, -0.15) is 5.26 Å². The van der Waals surface area contributed by atoms with E-state index in [1.54, 1.807) is 0 Å². The fraction of sp³-hybridized carbons (Fsp3) is 0.462. The van der Waals surface area contributed by atoms with Crippen molar-refractivity contribution in [3.05, 3.63) is 34.3 Å². The van der Waals surface area contributed by atoms with Crippen molar-refractivity contribution in [1.82, 2.24) is 4.90 Å². The molecule has 1 aliphatic rings. The van der Waals surface area contributed by atoms with Crippen LogP contribution in [0.5, 0.6) is 0 Å². The van der Waals surface area contributed by atoms with Gasteiger partial charge in [-0.25, -0.2) is 0 Å². The zero-order valence-corrected chi connectivity index (χ0v) is 10.8. The van der Waals surface area contributed by atoms with E-state index in [0.717, 1.165) is 32.5 Å². The molecule has 0 amide bonds. The highest BCUT2D eigenvalue weighted by Gasteiger charge is 2.18. The van der Waals surface area contributed by atoms with Crippen LogP contribution < -0.4 is 0 Å². The minimum absolute atomic E-state index is 0.274. The average molecular weight is 279 g/mol. The lowest BCUT2D eigenvalue weighted by atomic mass is 9.98. The van der Waals surface area contributed by atoms with E-state index in [0.29, 0.717) is 0 Å². The van der Waals surface area contributed by atoms with Gasteiger partial charge in [0.1, 0.15) is 0 Å². The van der Waals surface area contributed by atoms with Gasteiger partial charge >= 0.3 is 0 Å². The van der Waals surface area contributed by atoms with Gasteiger partial charge in [0.25, 0.3) is 0 Å². The summed E-state index contributed by atoms with van der Waals surface area (Å²) in [5.41, 5.74) is 1.33. The van der Waals surface area contributed by atoms with Crippen molar-refractivity contribution >= 4 is 15.9 Å². The van der Waals surface area contributed by atoms with Crippen LogP contribution in [0.1, 0.15) is 18.4 Å². The van der Waals surface area contributed by atoms with Crippen LogP contribution in [0.25, 0.3) is 0 Å². The van der Waals surface area contributed by atoms with Crippen molar-refractivity contribution in [3.63, 3.8) is 0 Å². The summed E-state index contributed by atoms with van der Waals surface area (Å²) in [6.45, 7) is 3.07.